The van der Waals surface area contributed by atoms with Gasteiger partial charge in [-0.05, 0) is 86.8 Å². The molecule has 1 saturated heterocycles. The summed E-state index contributed by atoms with van der Waals surface area (Å²) in [6.07, 6.45) is 9.62. The van der Waals surface area contributed by atoms with Gasteiger partial charge in [-0.25, -0.2) is 0 Å². The fraction of sp³-hybridized carbons (Fsp3) is 0.652. The van der Waals surface area contributed by atoms with Gasteiger partial charge in [-0.2, -0.15) is 0 Å². The Balaban J connectivity index is 1.20. The molecule has 0 radical (unpaired) electrons. The number of carbonyl (C=O) groups is 2. The average Bonchev–Trinajstić information content (AvgIpc) is 3.19. The summed E-state index contributed by atoms with van der Waals surface area (Å²) >= 11 is 0. The summed E-state index contributed by atoms with van der Waals surface area (Å²) in [5.74, 6) is 2.78. The van der Waals surface area contributed by atoms with E-state index in [1.165, 1.54) is 19.3 Å². The minimum atomic E-state index is -0.0829. The van der Waals surface area contributed by atoms with E-state index < -0.39 is 0 Å². The van der Waals surface area contributed by atoms with Crippen LogP contribution in [0.3, 0.4) is 0 Å². The van der Waals surface area contributed by atoms with E-state index in [1.54, 1.807) is 0 Å². The van der Waals surface area contributed by atoms with E-state index >= 15 is 0 Å². The molecule has 4 saturated carbocycles. The van der Waals surface area contributed by atoms with Crippen LogP contribution in [0.1, 0.15) is 67.3 Å². The number of amides is 2. The van der Waals surface area contributed by atoms with Crippen LogP contribution in [-0.2, 0) is 11.3 Å². The van der Waals surface area contributed by atoms with Crippen molar-refractivity contribution in [3.63, 3.8) is 0 Å². The molecule has 144 valence electrons. The second-order valence-corrected chi connectivity index (χ2v) is 9.58. The van der Waals surface area contributed by atoms with Crippen LogP contribution in [0.5, 0.6) is 0 Å². The lowest BCUT2D eigenvalue weighted by Gasteiger charge is -2.55. The van der Waals surface area contributed by atoms with E-state index in [0.29, 0.717) is 6.54 Å². The third kappa shape index (κ3) is 3.17. The van der Waals surface area contributed by atoms with Gasteiger partial charge in [0.2, 0.25) is 5.91 Å². The third-order valence-corrected chi connectivity index (χ3v) is 7.57. The smallest absolute Gasteiger partial charge is 0.253 e. The molecule has 5 fully saturated rings. The highest BCUT2D eigenvalue weighted by molar-refractivity contribution is 5.94. The van der Waals surface area contributed by atoms with Gasteiger partial charge >= 0.3 is 0 Å². The number of hydrogen-bond acceptors (Lipinski definition) is 2. The van der Waals surface area contributed by atoms with Crippen LogP contribution in [0.2, 0.25) is 0 Å². The Morgan fingerprint density at radius 3 is 2.04 bits per heavy atom. The Kier molecular flexibility index (Phi) is 4.25. The standard InChI is InChI=1S/C23H30N2O2/c26-21(25-7-1-2-8-25)20-5-3-16(4-6-20)15-24-22(27)23-12-17-9-18(13-23)11-19(10-17)14-23/h3-6,17-19H,1-2,7-15H2,(H,24,27). The summed E-state index contributed by atoms with van der Waals surface area (Å²) in [6, 6.07) is 7.80. The molecule has 4 aliphatic carbocycles. The summed E-state index contributed by atoms with van der Waals surface area (Å²) < 4.78 is 0. The number of nitrogens with zero attached hydrogens (tertiary/aromatic N) is 1. The first-order valence-electron chi connectivity index (χ1n) is 10.8. The summed E-state index contributed by atoms with van der Waals surface area (Å²) in [4.78, 5) is 27.4. The monoisotopic (exact) mass is 366 g/mol. The Morgan fingerprint density at radius 1 is 0.926 bits per heavy atom. The summed E-state index contributed by atoms with van der Waals surface area (Å²) in [5.41, 5.74) is 1.75. The summed E-state index contributed by atoms with van der Waals surface area (Å²) in [5, 5.41) is 3.23. The maximum Gasteiger partial charge on any atom is 0.253 e. The number of hydrogen-bond donors (Lipinski definition) is 1. The van der Waals surface area contributed by atoms with Crippen LogP contribution in [-0.4, -0.2) is 29.8 Å². The van der Waals surface area contributed by atoms with Gasteiger partial charge in [0.1, 0.15) is 0 Å². The number of benzene rings is 1. The molecule has 4 bridgehead atoms. The van der Waals surface area contributed by atoms with Crippen LogP contribution in [0.15, 0.2) is 24.3 Å². The predicted octanol–water partition coefficient (Wildman–Crippen LogP) is 3.76. The maximum atomic E-state index is 13.0. The molecule has 6 rings (SSSR count). The highest BCUT2D eigenvalue weighted by Gasteiger charge is 2.54. The molecule has 4 nitrogen and oxygen atoms in total. The van der Waals surface area contributed by atoms with Gasteiger partial charge in [-0.3, -0.25) is 9.59 Å². The lowest BCUT2D eigenvalue weighted by atomic mass is 9.49. The molecule has 0 spiro atoms. The first-order chi connectivity index (χ1) is 13.1. The maximum absolute atomic E-state index is 13.0. The van der Waals surface area contributed by atoms with E-state index in [9.17, 15) is 9.59 Å². The first-order valence-corrected chi connectivity index (χ1v) is 10.8. The van der Waals surface area contributed by atoms with Crippen molar-refractivity contribution in [3.05, 3.63) is 35.4 Å². The molecule has 27 heavy (non-hydrogen) atoms. The topological polar surface area (TPSA) is 49.4 Å². The highest BCUT2D eigenvalue weighted by atomic mass is 16.2. The molecular weight excluding hydrogens is 336 g/mol. The third-order valence-electron chi connectivity index (χ3n) is 7.57. The van der Waals surface area contributed by atoms with Crippen molar-refractivity contribution in [1.29, 1.82) is 0 Å². The molecule has 5 aliphatic rings. The molecule has 0 atom stereocenters. The Labute approximate surface area is 161 Å². The predicted molar refractivity (Wildman–Crippen MR) is 104 cm³/mol. The van der Waals surface area contributed by atoms with Gasteiger partial charge in [0.05, 0.1) is 0 Å². The van der Waals surface area contributed by atoms with Crippen molar-refractivity contribution >= 4 is 11.8 Å². The molecule has 1 aromatic rings. The van der Waals surface area contributed by atoms with Crippen molar-refractivity contribution in [2.75, 3.05) is 13.1 Å². The highest BCUT2D eigenvalue weighted by Crippen LogP contribution is 2.60. The Hall–Kier alpha value is -1.84. The van der Waals surface area contributed by atoms with Crippen LogP contribution in [0.25, 0.3) is 0 Å². The number of carbonyl (C=O) groups excluding carboxylic acids is 2. The molecule has 0 aromatic heterocycles. The molecule has 1 aromatic carbocycles. The van der Waals surface area contributed by atoms with E-state index in [-0.39, 0.29) is 17.2 Å². The molecule has 4 heteroatoms. The van der Waals surface area contributed by atoms with E-state index in [4.69, 9.17) is 0 Å². The van der Waals surface area contributed by atoms with E-state index in [1.807, 2.05) is 29.2 Å². The fourth-order valence-electron chi connectivity index (χ4n) is 6.63. The van der Waals surface area contributed by atoms with Crippen LogP contribution in [0, 0.1) is 23.2 Å². The lowest BCUT2D eigenvalue weighted by Crippen LogP contribution is -2.53. The molecule has 0 unspecified atom stereocenters. The zero-order chi connectivity index (χ0) is 18.4. The van der Waals surface area contributed by atoms with Crippen LogP contribution in [0.4, 0.5) is 0 Å². The quantitative estimate of drug-likeness (QED) is 0.882. The lowest BCUT2D eigenvalue weighted by molar-refractivity contribution is -0.146. The normalized spacial score (nSPS) is 34.1. The van der Waals surface area contributed by atoms with Crippen molar-refractivity contribution in [3.8, 4) is 0 Å². The van der Waals surface area contributed by atoms with Crippen LogP contribution < -0.4 is 5.32 Å². The van der Waals surface area contributed by atoms with Crippen LogP contribution >= 0.6 is 0 Å². The molecule has 1 heterocycles. The SMILES string of the molecule is O=C(c1ccc(CNC(=O)C23CC4CC(CC(C4)C2)C3)cc1)N1CCCC1. The summed E-state index contributed by atoms with van der Waals surface area (Å²) in [7, 11) is 0. The van der Waals surface area contributed by atoms with Crippen molar-refractivity contribution < 1.29 is 9.59 Å². The van der Waals surface area contributed by atoms with Gasteiger partial charge < -0.3 is 10.2 Å². The Morgan fingerprint density at radius 2 is 1.48 bits per heavy atom. The largest absolute Gasteiger partial charge is 0.352 e. The number of nitrogens with one attached hydrogen (secondary N) is 1. The second-order valence-electron chi connectivity index (χ2n) is 9.58. The molecule has 2 amide bonds. The van der Waals surface area contributed by atoms with Crippen molar-refractivity contribution in [2.45, 2.75) is 57.9 Å². The zero-order valence-corrected chi connectivity index (χ0v) is 16.1. The summed E-state index contributed by atoms with van der Waals surface area (Å²) in [6.45, 7) is 2.32. The number of likely N-dealkylation sites (tertiary alicyclic amines) is 1. The van der Waals surface area contributed by atoms with E-state index in [0.717, 1.165) is 74.1 Å². The van der Waals surface area contributed by atoms with Crippen molar-refractivity contribution in [1.82, 2.24) is 10.2 Å². The molecule has 1 aliphatic heterocycles. The molecular formula is C23H30N2O2. The van der Waals surface area contributed by atoms with E-state index in [2.05, 4.69) is 5.32 Å². The first kappa shape index (κ1) is 17.3. The van der Waals surface area contributed by atoms with Gasteiger partial charge in [0, 0.05) is 30.6 Å². The Bertz CT molecular complexity index is 698. The zero-order valence-electron chi connectivity index (χ0n) is 16.1. The van der Waals surface area contributed by atoms with Gasteiger partial charge in [-0.15, -0.1) is 0 Å². The average molecular weight is 367 g/mol. The second kappa shape index (κ2) is 6.65. The van der Waals surface area contributed by atoms with Gasteiger partial charge in [0.25, 0.3) is 5.91 Å². The minimum Gasteiger partial charge on any atom is -0.352 e. The number of rotatable bonds is 4. The van der Waals surface area contributed by atoms with Crippen molar-refractivity contribution in [2.24, 2.45) is 23.2 Å². The van der Waals surface area contributed by atoms with Gasteiger partial charge in [0.15, 0.2) is 0 Å². The fourth-order valence-corrected chi connectivity index (χ4v) is 6.63. The minimum absolute atomic E-state index is 0.0829. The molecule has 1 N–H and O–H groups in total. The van der Waals surface area contributed by atoms with Gasteiger partial charge in [-0.1, -0.05) is 12.1 Å².